The van der Waals surface area contributed by atoms with Crippen molar-refractivity contribution in [3.8, 4) is 17.2 Å². The van der Waals surface area contributed by atoms with E-state index in [0.717, 1.165) is 11.3 Å². The lowest BCUT2D eigenvalue weighted by atomic mass is 10.2. The van der Waals surface area contributed by atoms with Crippen molar-refractivity contribution in [1.82, 2.24) is 20.2 Å². The number of hydrogen-bond donors (Lipinski definition) is 1. The molecular formula is C21H23N5O3S. The molecule has 0 unspecified atom stereocenters. The predicted octanol–water partition coefficient (Wildman–Crippen LogP) is 3.83. The van der Waals surface area contributed by atoms with Crippen molar-refractivity contribution in [3.63, 3.8) is 0 Å². The van der Waals surface area contributed by atoms with Gasteiger partial charge in [0.05, 0.1) is 18.9 Å². The topological polar surface area (TPSA) is 91.2 Å². The minimum Gasteiger partial charge on any atom is -0.493 e. The lowest BCUT2D eigenvalue weighted by molar-refractivity contribution is -0.111. The molecule has 0 saturated carbocycles. The Morgan fingerprint density at radius 2 is 2.03 bits per heavy atom. The van der Waals surface area contributed by atoms with Crippen LogP contribution in [0, 0.1) is 0 Å². The summed E-state index contributed by atoms with van der Waals surface area (Å²) < 4.78 is 12.7. The van der Waals surface area contributed by atoms with Gasteiger partial charge in [-0.1, -0.05) is 23.9 Å². The Labute approximate surface area is 179 Å². The summed E-state index contributed by atoms with van der Waals surface area (Å²) in [7, 11) is 1.59. The molecule has 2 aromatic carbocycles. The molecule has 0 aliphatic heterocycles. The monoisotopic (exact) mass is 425 g/mol. The molecule has 156 valence electrons. The molecule has 1 amide bonds. The first-order valence-corrected chi connectivity index (χ1v) is 10.5. The Kier molecular flexibility index (Phi) is 7.08. The van der Waals surface area contributed by atoms with Crippen molar-refractivity contribution in [2.45, 2.75) is 25.1 Å². The molecule has 1 aromatic heterocycles. The van der Waals surface area contributed by atoms with E-state index in [9.17, 15) is 4.79 Å². The Bertz CT molecular complexity index is 1050. The van der Waals surface area contributed by atoms with E-state index < -0.39 is 0 Å². The minimum absolute atomic E-state index is 0.0436. The number of nitrogens with zero attached hydrogens (tertiary/aromatic N) is 4. The number of carbonyl (C=O) groups is 1. The summed E-state index contributed by atoms with van der Waals surface area (Å²) >= 11 is 1.44. The maximum Gasteiger partial charge on any atom is 0.248 e. The summed E-state index contributed by atoms with van der Waals surface area (Å²) in [5.74, 6) is 1.03. The first-order valence-electron chi connectivity index (χ1n) is 9.26. The van der Waals surface area contributed by atoms with E-state index in [1.165, 1.54) is 17.8 Å². The van der Waals surface area contributed by atoms with Gasteiger partial charge in [0, 0.05) is 11.8 Å². The molecule has 3 aromatic rings. The zero-order chi connectivity index (χ0) is 21.5. The number of benzene rings is 2. The van der Waals surface area contributed by atoms with Crippen LogP contribution in [0.1, 0.15) is 19.4 Å². The fourth-order valence-corrected chi connectivity index (χ4v) is 3.11. The van der Waals surface area contributed by atoms with Crippen LogP contribution in [-0.2, 0) is 4.79 Å². The molecule has 1 N–H and O–H groups in total. The van der Waals surface area contributed by atoms with Gasteiger partial charge in [0.25, 0.3) is 0 Å². The molecule has 0 atom stereocenters. The summed E-state index contributed by atoms with van der Waals surface area (Å²) in [4.78, 5) is 12.4. The van der Waals surface area contributed by atoms with Crippen LogP contribution < -0.4 is 14.8 Å². The van der Waals surface area contributed by atoms with E-state index in [2.05, 4.69) is 20.8 Å². The Hall–Kier alpha value is -3.33. The van der Waals surface area contributed by atoms with E-state index in [0.29, 0.717) is 22.3 Å². The number of thioether (sulfide) groups is 1. The largest absolute Gasteiger partial charge is 0.493 e. The maximum atomic E-state index is 12.4. The summed E-state index contributed by atoms with van der Waals surface area (Å²) in [6.45, 7) is 3.90. The number of hydrogen-bond acceptors (Lipinski definition) is 7. The third-order valence-corrected chi connectivity index (χ3v) is 4.58. The third-order valence-electron chi connectivity index (χ3n) is 3.96. The molecule has 0 saturated heterocycles. The number of amides is 1. The summed E-state index contributed by atoms with van der Waals surface area (Å²) in [5.41, 5.74) is 2.23. The van der Waals surface area contributed by atoms with Crippen molar-refractivity contribution in [2.75, 3.05) is 18.7 Å². The second-order valence-electron chi connectivity index (χ2n) is 6.53. The average Bonchev–Trinajstić information content (AvgIpc) is 3.22. The van der Waals surface area contributed by atoms with E-state index in [1.807, 2.05) is 56.5 Å². The second kappa shape index (κ2) is 9.93. The molecule has 0 fully saturated rings. The molecular weight excluding hydrogens is 402 g/mol. The highest BCUT2D eigenvalue weighted by Gasteiger charge is 2.09. The Morgan fingerprint density at radius 3 is 2.77 bits per heavy atom. The Morgan fingerprint density at radius 1 is 1.20 bits per heavy atom. The van der Waals surface area contributed by atoms with E-state index in [-0.39, 0.29) is 12.0 Å². The predicted molar refractivity (Wildman–Crippen MR) is 117 cm³/mol. The first-order chi connectivity index (χ1) is 14.5. The molecule has 3 rings (SSSR count). The van der Waals surface area contributed by atoms with Crippen LogP contribution in [0.2, 0.25) is 0 Å². The molecule has 0 aliphatic carbocycles. The number of tetrazole rings is 1. The molecule has 0 radical (unpaired) electrons. The number of ether oxygens (including phenoxy) is 2. The summed E-state index contributed by atoms with van der Waals surface area (Å²) in [6.07, 6.45) is 5.12. The van der Waals surface area contributed by atoms with E-state index in [1.54, 1.807) is 23.9 Å². The van der Waals surface area contributed by atoms with Crippen LogP contribution in [0.25, 0.3) is 11.8 Å². The third kappa shape index (κ3) is 5.38. The molecule has 0 bridgehead atoms. The van der Waals surface area contributed by atoms with Crippen LogP contribution in [0.4, 0.5) is 5.69 Å². The van der Waals surface area contributed by atoms with Gasteiger partial charge >= 0.3 is 0 Å². The number of aromatic nitrogens is 4. The standard InChI is InChI=1S/C21H23N5O3S/c1-14(2)29-18-10-8-15(12-19(18)28-3)9-11-20(27)22-16-6-5-7-17(13-16)26-21(30-4)23-24-25-26/h5-14H,1-4H3,(H,22,27)/b11-9+. The van der Waals surface area contributed by atoms with Crippen LogP contribution in [0.5, 0.6) is 11.5 Å². The average molecular weight is 426 g/mol. The van der Waals surface area contributed by atoms with Gasteiger partial charge in [-0.05, 0) is 72.5 Å². The van der Waals surface area contributed by atoms with E-state index >= 15 is 0 Å². The molecule has 0 aliphatic rings. The highest BCUT2D eigenvalue weighted by molar-refractivity contribution is 7.98. The lowest BCUT2D eigenvalue weighted by Crippen LogP contribution is -2.08. The fourth-order valence-electron chi connectivity index (χ4n) is 2.68. The second-order valence-corrected chi connectivity index (χ2v) is 7.30. The number of carbonyl (C=O) groups excluding carboxylic acids is 1. The molecule has 30 heavy (non-hydrogen) atoms. The number of anilines is 1. The van der Waals surface area contributed by atoms with Crippen molar-refractivity contribution in [1.29, 1.82) is 0 Å². The van der Waals surface area contributed by atoms with Crippen molar-refractivity contribution in [3.05, 3.63) is 54.1 Å². The maximum absolute atomic E-state index is 12.4. The van der Waals surface area contributed by atoms with Gasteiger partial charge in [0.2, 0.25) is 11.1 Å². The first kappa shape index (κ1) is 21.4. The fraction of sp³-hybridized carbons (Fsp3) is 0.238. The van der Waals surface area contributed by atoms with Gasteiger partial charge in [0.1, 0.15) is 0 Å². The van der Waals surface area contributed by atoms with Gasteiger partial charge in [-0.3, -0.25) is 4.79 Å². The minimum atomic E-state index is -0.254. The quantitative estimate of drug-likeness (QED) is 0.433. The highest BCUT2D eigenvalue weighted by atomic mass is 32.2. The normalized spacial score (nSPS) is 11.1. The lowest BCUT2D eigenvalue weighted by Gasteiger charge is -2.13. The van der Waals surface area contributed by atoms with Crippen LogP contribution in [-0.4, -0.2) is 45.6 Å². The molecule has 0 spiro atoms. The van der Waals surface area contributed by atoms with Crippen LogP contribution in [0.3, 0.4) is 0 Å². The van der Waals surface area contributed by atoms with Crippen molar-refractivity contribution >= 4 is 29.4 Å². The zero-order valence-corrected chi connectivity index (χ0v) is 18.0. The Balaban J connectivity index is 1.70. The summed E-state index contributed by atoms with van der Waals surface area (Å²) in [5, 5.41) is 15.1. The summed E-state index contributed by atoms with van der Waals surface area (Å²) in [6, 6.07) is 12.8. The number of methoxy groups -OCH3 is 1. The molecule has 8 nitrogen and oxygen atoms in total. The molecule has 1 heterocycles. The zero-order valence-electron chi connectivity index (χ0n) is 17.2. The van der Waals surface area contributed by atoms with Gasteiger partial charge in [-0.2, -0.15) is 4.68 Å². The van der Waals surface area contributed by atoms with E-state index in [4.69, 9.17) is 9.47 Å². The number of nitrogens with one attached hydrogen (secondary N) is 1. The number of rotatable bonds is 8. The highest BCUT2D eigenvalue weighted by Crippen LogP contribution is 2.29. The van der Waals surface area contributed by atoms with Gasteiger partial charge in [0.15, 0.2) is 11.5 Å². The van der Waals surface area contributed by atoms with Crippen molar-refractivity contribution < 1.29 is 14.3 Å². The SMILES string of the molecule is COc1cc(/C=C/C(=O)Nc2cccc(-n3nnnc3SC)c2)ccc1OC(C)C. The van der Waals surface area contributed by atoms with Gasteiger partial charge in [-0.25, -0.2) is 0 Å². The van der Waals surface area contributed by atoms with Crippen LogP contribution in [0.15, 0.2) is 53.7 Å². The smallest absolute Gasteiger partial charge is 0.248 e. The molecule has 9 heteroatoms. The van der Waals surface area contributed by atoms with Gasteiger partial charge in [-0.15, -0.1) is 5.10 Å². The van der Waals surface area contributed by atoms with Gasteiger partial charge < -0.3 is 14.8 Å². The van der Waals surface area contributed by atoms with Crippen LogP contribution >= 0.6 is 11.8 Å². The van der Waals surface area contributed by atoms with Crippen molar-refractivity contribution in [2.24, 2.45) is 0 Å².